The number of aliphatic hydroxyl groups excluding tert-OH is 3. The molecule has 6 heteroatoms. The summed E-state index contributed by atoms with van der Waals surface area (Å²) in [5, 5.41) is 30.8. The highest BCUT2D eigenvalue weighted by Gasteiger charge is 2.51. The van der Waals surface area contributed by atoms with Crippen molar-refractivity contribution >= 4 is 5.78 Å². The number of nitrogens with zero attached hydrogens (tertiary/aromatic N) is 1. The van der Waals surface area contributed by atoms with Gasteiger partial charge in [-0.1, -0.05) is 54.1 Å². The number of carbonyl (C=O) groups excluding carboxylic acids is 1. The highest BCUT2D eigenvalue weighted by molar-refractivity contribution is 5.98. The average molecular weight is 451 g/mol. The fourth-order valence-corrected chi connectivity index (χ4v) is 5.21. The molecule has 2 aromatic carbocycles. The third-order valence-electron chi connectivity index (χ3n) is 6.36. The highest BCUT2D eigenvalue weighted by atomic mass is 16.3. The summed E-state index contributed by atoms with van der Waals surface area (Å²) in [4.78, 5) is 16.2. The van der Waals surface area contributed by atoms with E-state index in [1.807, 2.05) is 49.9 Å². The number of allylic oxidation sites excluding steroid dienone is 1. The van der Waals surface area contributed by atoms with Crippen molar-refractivity contribution in [1.82, 2.24) is 4.90 Å². The fraction of sp³-hybridized carbons (Fsp3) is 0.370. The molecule has 0 aliphatic heterocycles. The van der Waals surface area contributed by atoms with Crippen molar-refractivity contribution in [3.05, 3.63) is 94.2 Å². The predicted octanol–water partition coefficient (Wildman–Crippen LogP) is 2.22. The van der Waals surface area contributed by atoms with Gasteiger partial charge in [0.05, 0.1) is 18.6 Å². The molecule has 0 saturated carbocycles. The minimum atomic E-state index is -1.38. The van der Waals surface area contributed by atoms with Gasteiger partial charge < -0.3 is 21.1 Å². The molecule has 0 heterocycles. The molecule has 3 rings (SSSR count). The lowest BCUT2D eigenvalue weighted by Crippen LogP contribution is -2.57. The number of hydrogen-bond donors (Lipinski definition) is 4. The first-order valence-electron chi connectivity index (χ1n) is 11.2. The van der Waals surface area contributed by atoms with Gasteiger partial charge in [-0.05, 0) is 55.2 Å². The van der Waals surface area contributed by atoms with Crippen molar-refractivity contribution in [3.8, 4) is 0 Å². The monoisotopic (exact) mass is 450 g/mol. The van der Waals surface area contributed by atoms with Crippen LogP contribution in [0.1, 0.15) is 33.9 Å². The topological polar surface area (TPSA) is 107 Å². The zero-order valence-electron chi connectivity index (χ0n) is 19.5. The van der Waals surface area contributed by atoms with Crippen molar-refractivity contribution < 1.29 is 20.1 Å². The molecule has 0 aromatic heterocycles. The van der Waals surface area contributed by atoms with Gasteiger partial charge in [0.1, 0.15) is 6.10 Å². The van der Waals surface area contributed by atoms with Crippen molar-refractivity contribution in [2.24, 2.45) is 5.73 Å². The fourth-order valence-electron chi connectivity index (χ4n) is 5.21. The molecule has 6 nitrogen and oxygen atoms in total. The van der Waals surface area contributed by atoms with Crippen LogP contribution in [0.4, 0.5) is 0 Å². The van der Waals surface area contributed by atoms with Gasteiger partial charge in [0.2, 0.25) is 0 Å². The average Bonchev–Trinajstić information content (AvgIpc) is 2.78. The van der Waals surface area contributed by atoms with Crippen LogP contribution < -0.4 is 5.73 Å². The molecule has 176 valence electrons. The first-order chi connectivity index (χ1) is 15.8. The Kier molecular flexibility index (Phi) is 7.87. The molecule has 0 bridgehead atoms. The molecule has 1 aliphatic carbocycles. The van der Waals surface area contributed by atoms with E-state index in [0.717, 1.165) is 22.3 Å². The SMILES string of the molecule is Cc1cc(C)c(C2(C(=O)C(O)c3ccccc3)C=C(N)C=CC2N(CCO)CCO)c(C)c1. The van der Waals surface area contributed by atoms with Gasteiger partial charge >= 0.3 is 0 Å². The van der Waals surface area contributed by atoms with Gasteiger partial charge in [-0.15, -0.1) is 0 Å². The van der Waals surface area contributed by atoms with Gasteiger partial charge in [0.25, 0.3) is 0 Å². The normalized spacial score (nSPS) is 21.2. The molecule has 2 aromatic rings. The standard InChI is InChI=1S/C27H34N2O4/c1-18-15-19(2)24(20(3)16-18)27(26(33)25(32)21-7-5-4-6-8-21)17-22(28)9-10-23(27)29(11-13-30)12-14-31/h4-10,15-17,23,25,30-32H,11-14,28H2,1-3H3. The number of nitrogens with two attached hydrogens (primary N) is 1. The number of Topliss-reactive ketones (excluding diaryl/α,β-unsaturated/α-hetero) is 1. The summed E-state index contributed by atoms with van der Waals surface area (Å²) >= 11 is 0. The molecular weight excluding hydrogens is 416 g/mol. The maximum Gasteiger partial charge on any atom is 0.182 e. The van der Waals surface area contributed by atoms with Crippen LogP contribution in [0, 0.1) is 20.8 Å². The summed E-state index contributed by atoms with van der Waals surface area (Å²) in [7, 11) is 0. The third-order valence-corrected chi connectivity index (χ3v) is 6.36. The van der Waals surface area contributed by atoms with Gasteiger partial charge in [0.15, 0.2) is 5.78 Å². The molecule has 3 atom stereocenters. The second-order valence-corrected chi connectivity index (χ2v) is 8.75. The number of aryl methyl sites for hydroxylation is 3. The van der Waals surface area contributed by atoms with E-state index >= 15 is 0 Å². The molecule has 0 amide bonds. The van der Waals surface area contributed by atoms with Gasteiger partial charge in [0, 0.05) is 24.8 Å². The van der Waals surface area contributed by atoms with Crippen LogP contribution in [0.15, 0.2) is 66.4 Å². The van der Waals surface area contributed by atoms with E-state index in [1.54, 1.807) is 36.4 Å². The molecule has 5 N–H and O–H groups in total. The molecule has 0 radical (unpaired) electrons. The van der Waals surface area contributed by atoms with E-state index in [2.05, 4.69) is 0 Å². The van der Waals surface area contributed by atoms with Gasteiger partial charge in [-0.25, -0.2) is 0 Å². The van der Waals surface area contributed by atoms with Gasteiger partial charge in [-0.3, -0.25) is 9.69 Å². The summed E-state index contributed by atoms with van der Waals surface area (Å²) in [6.45, 7) is 6.15. The highest BCUT2D eigenvalue weighted by Crippen LogP contribution is 2.44. The van der Waals surface area contributed by atoms with E-state index in [1.165, 1.54) is 0 Å². The maximum absolute atomic E-state index is 14.3. The lowest BCUT2D eigenvalue weighted by molar-refractivity contribution is -0.133. The van der Waals surface area contributed by atoms with Crippen molar-refractivity contribution in [3.63, 3.8) is 0 Å². The predicted molar refractivity (Wildman–Crippen MR) is 130 cm³/mol. The van der Waals surface area contributed by atoms with E-state index in [9.17, 15) is 20.1 Å². The number of benzene rings is 2. The van der Waals surface area contributed by atoms with Crippen LogP contribution in [0.25, 0.3) is 0 Å². The number of aliphatic hydroxyl groups is 3. The largest absolute Gasteiger partial charge is 0.399 e. The molecule has 33 heavy (non-hydrogen) atoms. The lowest BCUT2D eigenvalue weighted by Gasteiger charge is -2.46. The zero-order valence-corrected chi connectivity index (χ0v) is 19.5. The van der Waals surface area contributed by atoms with Crippen molar-refractivity contribution in [1.29, 1.82) is 0 Å². The lowest BCUT2D eigenvalue weighted by atomic mass is 9.63. The van der Waals surface area contributed by atoms with Crippen LogP contribution in [0.5, 0.6) is 0 Å². The van der Waals surface area contributed by atoms with E-state index in [-0.39, 0.29) is 26.3 Å². The Labute approximate surface area is 195 Å². The molecule has 0 fully saturated rings. The van der Waals surface area contributed by atoms with E-state index in [4.69, 9.17) is 5.73 Å². The summed E-state index contributed by atoms with van der Waals surface area (Å²) < 4.78 is 0. The Morgan fingerprint density at radius 3 is 2.18 bits per heavy atom. The number of rotatable bonds is 9. The summed E-state index contributed by atoms with van der Waals surface area (Å²) in [6, 6.07) is 12.3. The number of carbonyl (C=O) groups is 1. The molecule has 0 saturated heterocycles. The minimum absolute atomic E-state index is 0.138. The van der Waals surface area contributed by atoms with E-state index < -0.39 is 23.3 Å². The summed E-state index contributed by atoms with van der Waals surface area (Å²) in [5.41, 5.74) is 9.58. The smallest absolute Gasteiger partial charge is 0.182 e. The number of ketones is 1. The van der Waals surface area contributed by atoms with E-state index in [0.29, 0.717) is 11.3 Å². The summed E-state index contributed by atoms with van der Waals surface area (Å²) in [5.74, 6) is -0.401. The third kappa shape index (κ3) is 4.80. The van der Waals surface area contributed by atoms with Crippen LogP contribution in [0.2, 0.25) is 0 Å². The molecule has 1 aliphatic rings. The molecular formula is C27H34N2O4. The molecule has 3 unspecified atom stereocenters. The Balaban J connectivity index is 2.32. The van der Waals surface area contributed by atoms with Crippen LogP contribution in [-0.2, 0) is 10.2 Å². The Morgan fingerprint density at radius 1 is 1.06 bits per heavy atom. The van der Waals surface area contributed by atoms with Crippen molar-refractivity contribution in [2.45, 2.75) is 38.3 Å². The number of hydrogen-bond acceptors (Lipinski definition) is 6. The van der Waals surface area contributed by atoms with Crippen LogP contribution in [-0.4, -0.2) is 58.3 Å². The Bertz CT molecular complexity index is 1020. The maximum atomic E-state index is 14.3. The first kappa shape index (κ1) is 24.9. The zero-order chi connectivity index (χ0) is 24.2. The van der Waals surface area contributed by atoms with Crippen LogP contribution >= 0.6 is 0 Å². The Morgan fingerprint density at radius 2 is 1.64 bits per heavy atom. The Hall–Kier alpha value is -2.77. The van der Waals surface area contributed by atoms with Gasteiger partial charge in [-0.2, -0.15) is 0 Å². The first-order valence-corrected chi connectivity index (χ1v) is 11.2. The molecule has 0 spiro atoms. The quantitative estimate of drug-likeness (QED) is 0.467. The van der Waals surface area contributed by atoms with Crippen LogP contribution in [0.3, 0.4) is 0 Å². The second kappa shape index (κ2) is 10.4. The minimum Gasteiger partial charge on any atom is -0.399 e. The summed E-state index contributed by atoms with van der Waals surface area (Å²) in [6.07, 6.45) is 3.94. The second-order valence-electron chi connectivity index (χ2n) is 8.75. The van der Waals surface area contributed by atoms with Crippen molar-refractivity contribution in [2.75, 3.05) is 26.3 Å².